The zero-order valence-electron chi connectivity index (χ0n) is 11.8. The van der Waals surface area contributed by atoms with E-state index in [-0.39, 0.29) is 5.84 Å². The lowest BCUT2D eigenvalue weighted by molar-refractivity contribution is 0.284. The van der Waals surface area contributed by atoms with Crippen LogP contribution in [0.3, 0.4) is 0 Å². The molecule has 5 nitrogen and oxygen atoms in total. The van der Waals surface area contributed by atoms with E-state index in [2.05, 4.69) is 28.9 Å². The second-order valence-electron chi connectivity index (χ2n) is 5.48. The van der Waals surface area contributed by atoms with Gasteiger partial charge >= 0.3 is 0 Å². The van der Waals surface area contributed by atoms with Crippen LogP contribution in [-0.4, -0.2) is 49.4 Å². The maximum Gasteiger partial charge on any atom is 0.139 e. The maximum atomic E-state index is 7.63. The number of nitrogens with one attached hydrogen (secondary N) is 1. The second-order valence-corrected chi connectivity index (χ2v) is 5.48. The molecule has 3 N–H and O–H groups in total. The lowest BCUT2D eigenvalue weighted by Gasteiger charge is -2.34. The summed E-state index contributed by atoms with van der Waals surface area (Å²) < 4.78 is 0. The molecule has 0 saturated carbocycles. The van der Waals surface area contributed by atoms with E-state index in [0.717, 1.165) is 36.9 Å². The highest BCUT2D eigenvalue weighted by Gasteiger charge is 2.22. The van der Waals surface area contributed by atoms with Crippen molar-refractivity contribution in [2.45, 2.75) is 12.8 Å². The van der Waals surface area contributed by atoms with Crippen molar-refractivity contribution in [2.24, 2.45) is 11.7 Å². The molecule has 0 radical (unpaired) electrons. The van der Waals surface area contributed by atoms with Crippen LogP contribution in [0.5, 0.6) is 0 Å². The summed E-state index contributed by atoms with van der Waals surface area (Å²) in [6, 6.07) is 3.70. The number of aromatic nitrogens is 1. The fraction of sp³-hybridized carbons (Fsp3) is 0.571. The second kappa shape index (κ2) is 6.02. The number of pyridine rings is 1. The highest BCUT2D eigenvalue weighted by atomic mass is 15.2. The molecule has 0 amide bonds. The SMILES string of the molecule is CN(C)CC1CCN(c2ncccc2C(=N)N)CC1. The molecule has 1 fully saturated rings. The number of hydrogen-bond donors (Lipinski definition) is 2. The third kappa shape index (κ3) is 3.44. The maximum absolute atomic E-state index is 7.63. The highest BCUT2D eigenvalue weighted by molar-refractivity contribution is 5.99. The molecule has 5 heteroatoms. The molecule has 19 heavy (non-hydrogen) atoms. The van der Waals surface area contributed by atoms with Gasteiger partial charge in [-0.05, 0) is 45.0 Å². The molecule has 1 aromatic heterocycles. The summed E-state index contributed by atoms with van der Waals surface area (Å²) in [6.07, 6.45) is 4.12. The van der Waals surface area contributed by atoms with Crippen molar-refractivity contribution in [3.63, 3.8) is 0 Å². The quantitative estimate of drug-likeness (QED) is 0.630. The van der Waals surface area contributed by atoms with Crippen LogP contribution in [0.25, 0.3) is 0 Å². The minimum atomic E-state index is 0.0958. The van der Waals surface area contributed by atoms with Gasteiger partial charge in [0.1, 0.15) is 11.7 Å². The van der Waals surface area contributed by atoms with E-state index in [1.165, 1.54) is 12.8 Å². The molecule has 2 rings (SSSR count). The standard InChI is InChI=1S/C14H23N5/c1-18(2)10-11-5-8-19(9-6-11)14-12(13(15)16)4-3-7-17-14/h3-4,7,11H,5-6,8-10H2,1-2H3,(H3,15,16). The van der Waals surface area contributed by atoms with E-state index in [1.54, 1.807) is 6.20 Å². The Morgan fingerprint density at radius 2 is 2.16 bits per heavy atom. The Balaban J connectivity index is 2.04. The molecule has 1 saturated heterocycles. The van der Waals surface area contributed by atoms with Crippen LogP contribution < -0.4 is 10.6 Å². The molecule has 1 aliphatic rings. The number of nitrogens with zero attached hydrogens (tertiary/aromatic N) is 3. The van der Waals surface area contributed by atoms with E-state index >= 15 is 0 Å². The Labute approximate surface area is 114 Å². The first-order valence-corrected chi connectivity index (χ1v) is 6.77. The van der Waals surface area contributed by atoms with E-state index in [0.29, 0.717) is 0 Å². The lowest BCUT2D eigenvalue weighted by atomic mass is 9.96. The first-order chi connectivity index (χ1) is 9.08. The fourth-order valence-corrected chi connectivity index (χ4v) is 2.70. The third-order valence-electron chi connectivity index (χ3n) is 3.61. The molecule has 0 atom stereocenters. The Kier molecular flexibility index (Phi) is 4.37. The molecule has 1 aromatic rings. The first-order valence-electron chi connectivity index (χ1n) is 6.77. The number of nitrogens with two attached hydrogens (primary N) is 1. The van der Waals surface area contributed by atoms with E-state index < -0.39 is 0 Å². The summed E-state index contributed by atoms with van der Waals surface area (Å²) in [7, 11) is 4.25. The van der Waals surface area contributed by atoms with Crippen LogP contribution in [0.1, 0.15) is 18.4 Å². The Morgan fingerprint density at radius 3 is 2.74 bits per heavy atom. The molecular weight excluding hydrogens is 238 g/mol. The van der Waals surface area contributed by atoms with Gasteiger partial charge in [-0.25, -0.2) is 4.98 Å². The van der Waals surface area contributed by atoms with Crippen LogP contribution in [0.15, 0.2) is 18.3 Å². The van der Waals surface area contributed by atoms with E-state index in [9.17, 15) is 0 Å². The smallest absolute Gasteiger partial charge is 0.139 e. The molecule has 0 aromatic carbocycles. The largest absolute Gasteiger partial charge is 0.384 e. The summed E-state index contributed by atoms with van der Waals surface area (Å²) in [4.78, 5) is 8.91. The van der Waals surface area contributed by atoms with Gasteiger partial charge < -0.3 is 15.5 Å². The molecule has 2 heterocycles. The van der Waals surface area contributed by atoms with Gasteiger partial charge in [-0.3, -0.25) is 5.41 Å². The molecule has 0 aliphatic carbocycles. The van der Waals surface area contributed by atoms with Gasteiger partial charge in [-0.1, -0.05) is 0 Å². The van der Waals surface area contributed by atoms with E-state index in [4.69, 9.17) is 11.1 Å². The minimum Gasteiger partial charge on any atom is -0.384 e. The Morgan fingerprint density at radius 1 is 1.47 bits per heavy atom. The molecule has 1 aliphatic heterocycles. The van der Waals surface area contributed by atoms with Gasteiger partial charge in [0, 0.05) is 25.8 Å². The van der Waals surface area contributed by atoms with Crippen molar-refractivity contribution < 1.29 is 0 Å². The summed E-state index contributed by atoms with van der Waals surface area (Å²) >= 11 is 0. The first kappa shape index (κ1) is 13.8. The van der Waals surface area contributed by atoms with Gasteiger partial charge in [-0.15, -0.1) is 0 Å². The van der Waals surface area contributed by atoms with Gasteiger partial charge in [0.2, 0.25) is 0 Å². The van der Waals surface area contributed by atoms with Gasteiger partial charge in [0.05, 0.1) is 5.56 Å². The summed E-state index contributed by atoms with van der Waals surface area (Å²) in [5, 5.41) is 7.63. The van der Waals surface area contributed by atoms with Crippen LogP contribution in [0.4, 0.5) is 5.82 Å². The number of rotatable bonds is 4. The monoisotopic (exact) mass is 261 g/mol. The van der Waals surface area contributed by atoms with Gasteiger partial charge in [-0.2, -0.15) is 0 Å². The molecule has 104 valence electrons. The third-order valence-corrected chi connectivity index (χ3v) is 3.61. The molecular formula is C14H23N5. The average Bonchev–Trinajstić information content (AvgIpc) is 2.39. The number of amidine groups is 1. The van der Waals surface area contributed by atoms with Crippen molar-refractivity contribution in [3.8, 4) is 0 Å². The van der Waals surface area contributed by atoms with Crippen molar-refractivity contribution >= 4 is 11.7 Å². The average molecular weight is 261 g/mol. The highest BCUT2D eigenvalue weighted by Crippen LogP contribution is 2.24. The predicted molar refractivity (Wildman–Crippen MR) is 78.7 cm³/mol. The van der Waals surface area contributed by atoms with Gasteiger partial charge in [0.15, 0.2) is 0 Å². The topological polar surface area (TPSA) is 69.2 Å². The fourth-order valence-electron chi connectivity index (χ4n) is 2.70. The summed E-state index contributed by atoms with van der Waals surface area (Å²) in [6.45, 7) is 3.14. The number of hydrogen-bond acceptors (Lipinski definition) is 4. The Bertz CT molecular complexity index is 435. The van der Waals surface area contributed by atoms with Crippen molar-refractivity contribution in [1.82, 2.24) is 9.88 Å². The minimum absolute atomic E-state index is 0.0958. The van der Waals surface area contributed by atoms with Crippen LogP contribution in [-0.2, 0) is 0 Å². The molecule has 0 bridgehead atoms. The normalized spacial score (nSPS) is 16.9. The molecule has 0 spiro atoms. The van der Waals surface area contributed by atoms with Gasteiger partial charge in [0.25, 0.3) is 0 Å². The number of nitrogen functional groups attached to an aromatic ring is 1. The predicted octanol–water partition coefficient (Wildman–Crippen LogP) is 1.14. The lowest BCUT2D eigenvalue weighted by Crippen LogP contribution is -2.38. The summed E-state index contributed by atoms with van der Waals surface area (Å²) in [5.41, 5.74) is 6.37. The van der Waals surface area contributed by atoms with Crippen LogP contribution in [0.2, 0.25) is 0 Å². The zero-order chi connectivity index (χ0) is 13.8. The van der Waals surface area contributed by atoms with Crippen molar-refractivity contribution in [1.29, 1.82) is 5.41 Å². The van der Waals surface area contributed by atoms with Crippen LogP contribution >= 0.6 is 0 Å². The summed E-state index contributed by atoms with van der Waals surface area (Å²) in [5.74, 6) is 1.72. The van der Waals surface area contributed by atoms with Crippen molar-refractivity contribution in [3.05, 3.63) is 23.9 Å². The molecule has 0 unspecified atom stereocenters. The number of piperidine rings is 1. The zero-order valence-corrected chi connectivity index (χ0v) is 11.8. The van der Waals surface area contributed by atoms with Crippen LogP contribution in [0, 0.1) is 11.3 Å². The van der Waals surface area contributed by atoms with Crippen molar-refractivity contribution in [2.75, 3.05) is 38.6 Å². The number of anilines is 1. The van der Waals surface area contributed by atoms with E-state index in [1.807, 2.05) is 12.1 Å². The Hall–Kier alpha value is -1.62.